The summed E-state index contributed by atoms with van der Waals surface area (Å²) in [6.45, 7) is -0.375. The number of aromatic nitrogens is 1. The van der Waals surface area contributed by atoms with Crippen LogP contribution in [0, 0.1) is 0 Å². The zero-order valence-corrected chi connectivity index (χ0v) is 22.1. The zero-order valence-electron chi connectivity index (χ0n) is 20.5. The molecule has 0 radical (unpaired) electrons. The van der Waals surface area contributed by atoms with Crippen LogP contribution >= 0.6 is 11.6 Å². The van der Waals surface area contributed by atoms with E-state index >= 15 is 0 Å². The van der Waals surface area contributed by atoms with Crippen LogP contribution < -0.4 is 5.73 Å². The maximum Gasteiger partial charge on any atom is 0.266 e. The van der Waals surface area contributed by atoms with Gasteiger partial charge in [-0.15, -0.1) is 0 Å². The second kappa shape index (κ2) is 10.5. The van der Waals surface area contributed by atoms with Crippen molar-refractivity contribution in [2.24, 2.45) is 5.73 Å². The molecule has 198 valence electrons. The van der Waals surface area contributed by atoms with Crippen molar-refractivity contribution < 1.29 is 22.8 Å². The van der Waals surface area contributed by atoms with E-state index in [0.717, 1.165) is 16.6 Å². The lowest BCUT2D eigenvalue weighted by Crippen LogP contribution is -2.60. The molecule has 0 bridgehead atoms. The fourth-order valence-electron chi connectivity index (χ4n) is 4.60. The van der Waals surface area contributed by atoms with Gasteiger partial charge in [-0.25, -0.2) is 12.7 Å². The zero-order chi connectivity index (χ0) is 27.7. The van der Waals surface area contributed by atoms with Gasteiger partial charge in [-0.1, -0.05) is 41.9 Å². The molecule has 1 saturated heterocycles. The SMILES string of the molecule is NC(=O)CC1C(=O)N(S(=O)(=O)c2ccc3cc(Cl)ccc3c2)CCN1C(=O)c1ccc(-c2ccccn2)cc1. The average Bonchev–Trinajstić information content (AvgIpc) is 2.93. The summed E-state index contributed by atoms with van der Waals surface area (Å²) in [6, 6.07) is 20.3. The molecule has 1 aliphatic rings. The Morgan fingerprint density at radius 1 is 0.949 bits per heavy atom. The number of hydrogen-bond donors (Lipinski definition) is 1. The maximum absolute atomic E-state index is 13.5. The Morgan fingerprint density at radius 3 is 2.36 bits per heavy atom. The second-order valence-corrected chi connectivity index (χ2v) is 11.3. The largest absolute Gasteiger partial charge is 0.370 e. The molecule has 9 nitrogen and oxygen atoms in total. The van der Waals surface area contributed by atoms with Crippen LogP contribution in [0.25, 0.3) is 22.0 Å². The summed E-state index contributed by atoms with van der Waals surface area (Å²) in [4.78, 5) is 44.2. The summed E-state index contributed by atoms with van der Waals surface area (Å²) >= 11 is 6.02. The number of piperazine rings is 1. The molecule has 1 atom stereocenters. The smallest absolute Gasteiger partial charge is 0.266 e. The minimum absolute atomic E-state index is 0.0895. The molecule has 1 unspecified atom stereocenters. The third-order valence-corrected chi connectivity index (χ3v) is 8.59. The molecular formula is C28H23ClN4O5S. The number of sulfonamides is 1. The summed E-state index contributed by atoms with van der Waals surface area (Å²) in [5.41, 5.74) is 7.20. The number of primary amides is 1. The van der Waals surface area contributed by atoms with Crippen molar-refractivity contribution in [3.8, 4) is 11.3 Å². The molecule has 0 aliphatic carbocycles. The summed E-state index contributed by atoms with van der Waals surface area (Å²) in [6.07, 6.45) is 1.15. The predicted molar refractivity (Wildman–Crippen MR) is 146 cm³/mol. The number of benzene rings is 3. The highest BCUT2D eigenvalue weighted by atomic mass is 35.5. The number of rotatable bonds is 6. The van der Waals surface area contributed by atoms with Gasteiger partial charge in [0.25, 0.3) is 21.8 Å². The molecule has 3 amide bonds. The van der Waals surface area contributed by atoms with Gasteiger partial charge in [0.1, 0.15) is 6.04 Å². The number of halogens is 1. The summed E-state index contributed by atoms with van der Waals surface area (Å²) in [5.74, 6) is -2.24. The normalized spacial score (nSPS) is 15.9. The van der Waals surface area contributed by atoms with Gasteiger partial charge < -0.3 is 10.6 Å². The monoisotopic (exact) mass is 562 g/mol. The van der Waals surface area contributed by atoms with E-state index in [2.05, 4.69) is 4.98 Å². The highest BCUT2D eigenvalue weighted by Gasteiger charge is 2.43. The first-order valence-electron chi connectivity index (χ1n) is 12.0. The number of nitrogens with two attached hydrogens (primary N) is 1. The summed E-state index contributed by atoms with van der Waals surface area (Å²) < 4.78 is 27.7. The van der Waals surface area contributed by atoms with Gasteiger partial charge in [-0.05, 0) is 59.3 Å². The van der Waals surface area contributed by atoms with Crippen LogP contribution in [-0.2, 0) is 19.6 Å². The third kappa shape index (κ3) is 5.21. The van der Waals surface area contributed by atoms with Gasteiger partial charge in [0.15, 0.2) is 0 Å². The Kier molecular flexibility index (Phi) is 7.07. The molecule has 3 aromatic carbocycles. The van der Waals surface area contributed by atoms with E-state index in [9.17, 15) is 22.8 Å². The number of amides is 3. The number of pyridine rings is 1. The van der Waals surface area contributed by atoms with E-state index in [4.69, 9.17) is 17.3 Å². The van der Waals surface area contributed by atoms with Crippen molar-refractivity contribution in [2.75, 3.05) is 13.1 Å². The molecule has 2 N–H and O–H groups in total. The number of hydrogen-bond acceptors (Lipinski definition) is 6. The topological polar surface area (TPSA) is 131 Å². The van der Waals surface area contributed by atoms with E-state index in [1.54, 1.807) is 60.8 Å². The van der Waals surface area contributed by atoms with Crippen LogP contribution in [0.1, 0.15) is 16.8 Å². The Bertz CT molecular complexity index is 1690. The average molecular weight is 563 g/mol. The van der Waals surface area contributed by atoms with Crippen molar-refractivity contribution in [2.45, 2.75) is 17.4 Å². The molecule has 11 heteroatoms. The maximum atomic E-state index is 13.5. The molecule has 0 saturated carbocycles. The molecule has 2 heterocycles. The highest BCUT2D eigenvalue weighted by molar-refractivity contribution is 7.89. The van der Waals surface area contributed by atoms with E-state index < -0.39 is 40.2 Å². The van der Waals surface area contributed by atoms with Crippen molar-refractivity contribution in [3.05, 3.63) is 95.6 Å². The Hall–Kier alpha value is -4.28. The summed E-state index contributed by atoms with van der Waals surface area (Å²) in [7, 11) is -4.28. The van der Waals surface area contributed by atoms with Gasteiger partial charge in [-0.2, -0.15) is 0 Å². The molecule has 0 spiro atoms. The van der Waals surface area contributed by atoms with Gasteiger partial charge >= 0.3 is 0 Å². The van der Waals surface area contributed by atoms with E-state index in [1.807, 2.05) is 12.1 Å². The van der Waals surface area contributed by atoms with Crippen molar-refractivity contribution in [1.82, 2.24) is 14.2 Å². The van der Waals surface area contributed by atoms with Crippen LogP contribution in [0.5, 0.6) is 0 Å². The molecular weight excluding hydrogens is 540 g/mol. The number of nitrogens with zero attached hydrogens (tertiary/aromatic N) is 3. The fraction of sp³-hybridized carbons (Fsp3) is 0.143. The van der Waals surface area contributed by atoms with Gasteiger partial charge in [-0.3, -0.25) is 19.4 Å². The van der Waals surface area contributed by atoms with Crippen molar-refractivity contribution >= 4 is 50.1 Å². The number of carbonyl (C=O) groups is 3. The molecule has 1 aliphatic heterocycles. The third-order valence-electron chi connectivity index (χ3n) is 6.56. The second-order valence-electron chi connectivity index (χ2n) is 9.05. The lowest BCUT2D eigenvalue weighted by molar-refractivity contribution is -0.137. The lowest BCUT2D eigenvalue weighted by atomic mass is 10.0. The fourth-order valence-corrected chi connectivity index (χ4v) is 6.23. The van der Waals surface area contributed by atoms with Crippen LogP contribution in [0.3, 0.4) is 0 Å². The van der Waals surface area contributed by atoms with E-state index in [1.165, 1.54) is 17.0 Å². The molecule has 1 aromatic heterocycles. The summed E-state index contributed by atoms with van der Waals surface area (Å²) in [5, 5.41) is 1.88. The Labute approximate surface area is 229 Å². The van der Waals surface area contributed by atoms with Crippen LogP contribution in [0.4, 0.5) is 0 Å². The molecule has 5 rings (SSSR count). The molecule has 39 heavy (non-hydrogen) atoms. The number of carbonyl (C=O) groups excluding carboxylic acids is 3. The Morgan fingerprint density at radius 2 is 1.67 bits per heavy atom. The lowest BCUT2D eigenvalue weighted by Gasteiger charge is -2.39. The standard InChI is InChI=1S/C28H23ClN4O5S/c29-22-10-8-21-16-23(11-9-20(21)15-22)39(37,38)33-14-13-32(25(28(33)36)17-26(30)34)27(35)19-6-4-18(5-7-19)24-3-1-2-12-31-24/h1-12,15-16,25H,13-14,17H2,(H2,30,34). The Balaban J connectivity index is 1.42. The quantitative estimate of drug-likeness (QED) is 0.383. The van der Waals surface area contributed by atoms with E-state index in [0.29, 0.717) is 14.7 Å². The molecule has 4 aromatic rings. The first kappa shape index (κ1) is 26.3. The van der Waals surface area contributed by atoms with Crippen LogP contribution in [0.2, 0.25) is 5.02 Å². The van der Waals surface area contributed by atoms with Gasteiger partial charge in [0.05, 0.1) is 23.6 Å². The minimum atomic E-state index is -4.28. The first-order valence-corrected chi connectivity index (χ1v) is 13.8. The highest BCUT2D eigenvalue weighted by Crippen LogP contribution is 2.28. The van der Waals surface area contributed by atoms with Gasteiger partial charge in [0, 0.05) is 28.9 Å². The van der Waals surface area contributed by atoms with Crippen LogP contribution in [0.15, 0.2) is 90.0 Å². The molecule has 1 fully saturated rings. The number of fused-ring (bicyclic) bond motifs is 1. The van der Waals surface area contributed by atoms with Crippen LogP contribution in [-0.4, -0.2) is 59.5 Å². The van der Waals surface area contributed by atoms with Crippen molar-refractivity contribution in [1.29, 1.82) is 0 Å². The minimum Gasteiger partial charge on any atom is -0.370 e. The van der Waals surface area contributed by atoms with E-state index in [-0.39, 0.29) is 23.5 Å². The van der Waals surface area contributed by atoms with Crippen molar-refractivity contribution in [3.63, 3.8) is 0 Å². The van der Waals surface area contributed by atoms with Gasteiger partial charge in [0.2, 0.25) is 5.91 Å². The first-order chi connectivity index (χ1) is 18.6. The predicted octanol–water partition coefficient (Wildman–Crippen LogP) is 3.47.